The van der Waals surface area contributed by atoms with Gasteiger partial charge in [-0.2, -0.15) is 0 Å². The van der Waals surface area contributed by atoms with Gasteiger partial charge in [-0.25, -0.2) is 4.79 Å². The lowest BCUT2D eigenvalue weighted by Crippen LogP contribution is -2.53. The molecule has 1 aromatic rings. The molecule has 18 heavy (non-hydrogen) atoms. The van der Waals surface area contributed by atoms with Gasteiger partial charge in [0.25, 0.3) is 0 Å². The van der Waals surface area contributed by atoms with E-state index in [0.29, 0.717) is 11.4 Å². The monoisotopic (exact) mass is 267 g/mol. The first-order valence-corrected chi connectivity index (χ1v) is 5.79. The number of anilines is 1. The minimum atomic E-state index is -0.738. The standard InChI is InChI=1S/C12H17N3O2S/c1-12(2,10(13)18)15-11(16)14-8-5-4-6-9(7-8)17-3/h4-7H,1-3H3,(H2,13,18)(H2,14,15,16). The molecule has 0 saturated heterocycles. The summed E-state index contributed by atoms with van der Waals surface area (Å²) in [6.45, 7) is 3.47. The van der Waals surface area contributed by atoms with Crippen molar-refractivity contribution >= 4 is 28.9 Å². The number of ether oxygens (including phenoxy) is 1. The molecule has 0 bridgehead atoms. The Morgan fingerprint density at radius 1 is 1.44 bits per heavy atom. The number of carbonyl (C=O) groups is 1. The fourth-order valence-corrected chi connectivity index (χ4v) is 1.26. The number of hydrogen-bond donors (Lipinski definition) is 3. The summed E-state index contributed by atoms with van der Waals surface area (Å²) in [4.78, 5) is 12.0. The maximum atomic E-state index is 11.8. The maximum Gasteiger partial charge on any atom is 0.319 e. The van der Waals surface area contributed by atoms with Crippen LogP contribution in [0.15, 0.2) is 24.3 Å². The van der Waals surface area contributed by atoms with Crippen molar-refractivity contribution in [1.29, 1.82) is 0 Å². The van der Waals surface area contributed by atoms with Crippen LogP contribution in [0.4, 0.5) is 10.5 Å². The quantitative estimate of drug-likeness (QED) is 0.728. The average Bonchev–Trinajstić information content (AvgIpc) is 2.28. The second kappa shape index (κ2) is 5.68. The van der Waals surface area contributed by atoms with Gasteiger partial charge in [0, 0.05) is 11.8 Å². The van der Waals surface area contributed by atoms with Crippen molar-refractivity contribution in [2.45, 2.75) is 19.4 Å². The van der Waals surface area contributed by atoms with Crippen LogP contribution in [0, 0.1) is 0 Å². The highest BCUT2D eigenvalue weighted by Crippen LogP contribution is 2.16. The Labute approximate surface area is 112 Å². The Bertz CT molecular complexity index is 460. The third-order valence-corrected chi connectivity index (χ3v) is 2.88. The van der Waals surface area contributed by atoms with Crippen LogP contribution in [0.2, 0.25) is 0 Å². The van der Waals surface area contributed by atoms with Crippen LogP contribution in [-0.2, 0) is 0 Å². The fraction of sp³-hybridized carbons (Fsp3) is 0.333. The molecule has 0 aliphatic carbocycles. The molecule has 0 spiro atoms. The first-order valence-electron chi connectivity index (χ1n) is 5.38. The minimum absolute atomic E-state index is 0.225. The first-order chi connectivity index (χ1) is 8.35. The molecule has 98 valence electrons. The predicted octanol–water partition coefficient (Wildman–Crippen LogP) is 1.88. The molecule has 0 aromatic heterocycles. The van der Waals surface area contributed by atoms with Gasteiger partial charge in [-0.05, 0) is 26.0 Å². The highest BCUT2D eigenvalue weighted by Gasteiger charge is 2.23. The van der Waals surface area contributed by atoms with Crippen LogP contribution in [-0.4, -0.2) is 23.7 Å². The summed E-state index contributed by atoms with van der Waals surface area (Å²) in [5.74, 6) is 0.668. The molecule has 0 fully saturated rings. The van der Waals surface area contributed by atoms with Crippen LogP contribution < -0.4 is 21.1 Å². The van der Waals surface area contributed by atoms with Crippen LogP contribution >= 0.6 is 12.2 Å². The molecule has 0 heterocycles. The number of rotatable bonds is 4. The third-order valence-electron chi connectivity index (χ3n) is 2.37. The van der Waals surface area contributed by atoms with E-state index in [0.717, 1.165) is 0 Å². The number of methoxy groups -OCH3 is 1. The Balaban J connectivity index is 2.67. The zero-order valence-corrected chi connectivity index (χ0v) is 11.4. The molecule has 0 atom stereocenters. The molecular formula is C12H17N3O2S. The van der Waals surface area contributed by atoms with Gasteiger partial charge >= 0.3 is 6.03 Å². The van der Waals surface area contributed by atoms with Gasteiger partial charge in [-0.3, -0.25) is 0 Å². The van der Waals surface area contributed by atoms with Gasteiger partial charge in [-0.15, -0.1) is 0 Å². The number of amides is 2. The summed E-state index contributed by atoms with van der Waals surface area (Å²) >= 11 is 4.87. The lowest BCUT2D eigenvalue weighted by molar-refractivity contribution is 0.247. The molecular weight excluding hydrogens is 250 g/mol. The van der Waals surface area contributed by atoms with Crippen molar-refractivity contribution in [3.05, 3.63) is 24.3 Å². The number of thiocarbonyl (C=S) groups is 1. The molecule has 4 N–H and O–H groups in total. The van der Waals surface area contributed by atoms with Gasteiger partial charge in [0.05, 0.1) is 17.6 Å². The van der Waals surface area contributed by atoms with Gasteiger partial charge in [-0.1, -0.05) is 18.3 Å². The van der Waals surface area contributed by atoms with Crippen molar-refractivity contribution in [1.82, 2.24) is 5.32 Å². The molecule has 0 aliphatic heterocycles. The van der Waals surface area contributed by atoms with E-state index in [1.165, 1.54) is 0 Å². The number of urea groups is 1. The Hall–Kier alpha value is -1.82. The molecule has 0 unspecified atom stereocenters. The SMILES string of the molecule is COc1cccc(NC(=O)NC(C)(C)C(N)=S)c1. The number of hydrogen-bond acceptors (Lipinski definition) is 3. The highest BCUT2D eigenvalue weighted by molar-refractivity contribution is 7.80. The number of nitrogens with two attached hydrogens (primary N) is 1. The Morgan fingerprint density at radius 2 is 2.11 bits per heavy atom. The van der Waals surface area contributed by atoms with Crippen LogP contribution in [0.5, 0.6) is 5.75 Å². The summed E-state index contributed by atoms with van der Waals surface area (Å²) in [5.41, 5.74) is 5.42. The first kappa shape index (κ1) is 14.2. The molecule has 5 nitrogen and oxygen atoms in total. The normalized spacial score (nSPS) is 10.6. The Kier molecular flexibility index (Phi) is 4.49. The minimum Gasteiger partial charge on any atom is -0.497 e. The largest absolute Gasteiger partial charge is 0.497 e. The van der Waals surface area contributed by atoms with Crippen LogP contribution in [0.3, 0.4) is 0 Å². The van der Waals surface area contributed by atoms with Crippen molar-refractivity contribution in [3.8, 4) is 5.75 Å². The molecule has 2 amide bonds. The molecule has 0 radical (unpaired) electrons. The molecule has 6 heteroatoms. The zero-order chi connectivity index (χ0) is 13.8. The van der Waals surface area contributed by atoms with E-state index in [1.807, 2.05) is 0 Å². The second-order valence-corrected chi connectivity index (χ2v) is 4.74. The van der Waals surface area contributed by atoms with Crippen molar-refractivity contribution < 1.29 is 9.53 Å². The lowest BCUT2D eigenvalue weighted by Gasteiger charge is -2.24. The Morgan fingerprint density at radius 3 is 2.67 bits per heavy atom. The van der Waals surface area contributed by atoms with Gasteiger partial charge in [0.2, 0.25) is 0 Å². The second-order valence-electron chi connectivity index (χ2n) is 4.30. The third kappa shape index (κ3) is 3.89. The molecule has 1 rings (SSSR count). The van der Waals surface area contributed by atoms with E-state index in [9.17, 15) is 4.79 Å². The number of benzene rings is 1. The molecule has 1 aromatic carbocycles. The van der Waals surface area contributed by atoms with Crippen LogP contribution in [0.25, 0.3) is 0 Å². The average molecular weight is 267 g/mol. The van der Waals surface area contributed by atoms with E-state index < -0.39 is 5.54 Å². The summed E-state index contributed by atoms with van der Waals surface area (Å²) in [6.07, 6.45) is 0. The van der Waals surface area contributed by atoms with Crippen LogP contribution in [0.1, 0.15) is 13.8 Å². The van der Waals surface area contributed by atoms with Crippen molar-refractivity contribution in [2.75, 3.05) is 12.4 Å². The summed E-state index contributed by atoms with van der Waals surface area (Å²) in [7, 11) is 1.56. The van der Waals surface area contributed by atoms with Crippen molar-refractivity contribution in [2.24, 2.45) is 5.73 Å². The topological polar surface area (TPSA) is 76.4 Å². The van der Waals surface area contributed by atoms with E-state index in [1.54, 1.807) is 45.2 Å². The van der Waals surface area contributed by atoms with Gasteiger partial charge < -0.3 is 21.1 Å². The van der Waals surface area contributed by atoms with E-state index in [-0.39, 0.29) is 11.0 Å². The van der Waals surface area contributed by atoms with E-state index in [4.69, 9.17) is 22.7 Å². The van der Waals surface area contributed by atoms with Crippen molar-refractivity contribution in [3.63, 3.8) is 0 Å². The van der Waals surface area contributed by atoms with E-state index in [2.05, 4.69) is 10.6 Å². The summed E-state index contributed by atoms with van der Waals surface area (Å²) in [5, 5.41) is 5.37. The lowest BCUT2D eigenvalue weighted by atomic mass is 10.1. The van der Waals surface area contributed by atoms with Gasteiger partial charge in [0.1, 0.15) is 5.75 Å². The summed E-state index contributed by atoms with van der Waals surface area (Å²) < 4.78 is 5.06. The predicted molar refractivity (Wildman–Crippen MR) is 76.0 cm³/mol. The molecule has 0 saturated carbocycles. The zero-order valence-electron chi connectivity index (χ0n) is 10.6. The number of carbonyl (C=O) groups excluding carboxylic acids is 1. The van der Waals surface area contributed by atoms with Gasteiger partial charge in [0.15, 0.2) is 0 Å². The van der Waals surface area contributed by atoms with E-state index >= 15 is 0 Å². The maximum absolute atomic E-state index is 11.8. The fourth-order valence-electron chi connectivity index (χ4n) is 1.21. The number of nitrogens with one attached hydrogen (secondary N) is 2. The summed E-state index contributed by atoms with van der Waals surface area (Å²) in [6, 6.07) is 6.68. The smallest absolute Gasteiger partial charge is 0.319 e. The highest BCUT2D eigenvalue weighted by atomic mass is 32.1. The molecule has 0 aliphatic rings.